The van der Waals surface area contributed by atoms with Gasteiger partial charge in [-0.25, -0.2) is 9.78 Å². The highest BCUT2D eigenvalue weighted by Gasteiger charge is 2.10. The Hall–Kier alpha value is -1.14. The van der Waals surface area contributed by atoms with E-state index in [1.807, 2.05) is 13.8 Å². The molecule has 6 heteroatoms. The zero-order chi connectivity index (χ0) is 15.0. The van der Waals surface area contributed by atoms with Crippen LogP contribution in [0.25, 0.3) is 0 Å². The van der Waals surface area contributed by atoms with Crippen LogP contribution in [-0.4, -0.2) is 29.3 Å². The third-order valence-corrected chi connectivity index (χ3v) is 4.27. The molecule has 1 aromatic heterocycles. The maximum absolute atomic E-state index is 11.7. The van der Waals surface area contributed by atoms with Crippen molar-refractivity contribution in [2.24, 2.45) is 5.92 Å². The van der Waals surface area contributed by atoms with Crippen molar-refractivity contribution in [3.8, 4) is 0 Å². The summed E-state index contributed by atoms with van der Waals surface area (Å²) < 4.78 is 0. The number of nitrogens with one attached hydrogen (secondary N) is 2. The van der Waals surface area contributed by atoms with E-state index in [1.165, 1.54) is 0 Å². The van der Waals surface area contributed by atoms with E-state index in [4.69, 9.17) is 5.11 Å². The van der Waals surface area contributed by atoms with Crippen molar-refractivity contribution < 1.29 is 9.90 Å². The molecule has 0 aromatic carbocycles. The van der Waals surface area contributed by atoms with Gasteiger partial charge in [0.1, 0.15) is 0 Å². The third-order valence-electron chi connectivity index (χ3n) is 3.19. The summed E-state index contributed by atoms with van der Waals surface area (Å²) in [7, 11) is 0. The van der Waals surface area contributed by atoms with Gasteiger partial charge < -0.3 is 15.7 Å². The molecule has 0 bridgehead atoms. The first-order valence-corrected chi connectivity index (χ1v) is 7.93. The fraction of sp³-hybridized carbons (Fsp3) is 0.714. The number of nitrogens with zero attached hydrogens (tertiary/aromatic N) is 1. The zero-order valence-corrected chi connectivity index (χ0v) is 13.3. The molecule has 2 amide bonds. The molecule has 20 heavy (non-hydrogen) atoms. The maximum Gasteiger partial charge on any atom is 0.315 e. The summed E-state index contributed by atoms with van der Waals surface area (Å²) in [6.07, 6.45) is 2.82. The summed E-state index contributed by atoms with van der Waals surface area (Å²) in [5.74, 6) is 0.350. The van der Waals surface area contributed by atoms with Gasteiger partial charge in [0.15, 0.2) is 0 Å². The Morgan fingerprint density at radius 1 is 1.35 bits per heavy atom. The van der Waals surface area contributed by atoms with Crippen LogP contribution in [0.4, 0.5) is 4.79 Å². The maximum atomic E-state index is 11.7. The molecular formula is C14H25N3O2S. The van der Waals surface area contributed by atoms with E-state index in [0.717, 1.165) is 34.8 Å². The van der Waals surface area contributed by atoms with Gasteiger partial charge in [0, 0.05) is 18.0 Å². The number of aliphatic hydroxyl groups is 1. The molecule has 0 radical (unpaired) electrons. The number of carbonyl (C=O) groups is 1. The van der Waals surface area contributed by atoms with Gasteiger partial charge in [0.25, 0.3) is 0 Å². The number of carbonyl (C=O) groups excluding carboxylic acids is 1. The molecule has 1 unspecified atom stereocenters. The molecule has 0 fully saturated rings. The van der Waals surface area contributed by atoms with Gasteiger partial charge in [0.05, 0.1) is 17.2 Å². The summed E-state index contributed by atoms with van der Waals surface area (Å²) in [6.45, 7) is 7.33. The van der Waals surface area contributed by atoms with Gasteiger partial charge in [0.2, 0.25) is 0 Å². The highest BCUT2D eigenvalue weighted by Crippen LogP contribution is 2.16. The minimum absolute atomic E-state index is 0.158. The number of rotatable bonds is 8. The molecule has 0 saturated heterocycles. The highest BCUT2D eigenvalue weighted by atomic mass is 32.1. The van der Waals surface area contributed by atoms with Gasteiger partial charge in [-0.15, -0.1) is 11.3 Å². The first kappa shape index (κ1) is 16.9. The molecule has 0 saturated carbocycles. The Labute approximate surface area is 124 Å². The largest absolute Gasteiger partial charge is 0.396 e. The SMILES string of the molecule is CCCC(CCO)CNC(=O)NCc1sc(C)nc1C. The number of hydrogen-bond donors (Lipinski definition) is 3. The second kappa shape index (κ2) is 8.92. The quantitative estimate of drug-likeness (QED) is 0.690. The second-order valence-corrected chi connectivity index (χ2v) is 6.26. The molecule has 1 aromatic rings. The summed E-state index contributed by atoms with van der Waals surface area (Å²) in [5.41, 5.74) is 0.983. The average Bonchev–Trinajstić information content (AvgIpc) is 2.72. The summed E-state index contributed by atoms with van der Waals surface area (Å²) in [4.78, 5) is 17.2. The first-order valence-electron chi connectivity index (χ1n) is 7.12. The first-order chi connectivity index (χ1) is 9.56. The minimum Gasteiger partial charge on any atom is -0.396 e. The van der Waals surface area contributed by atoms with E-state index in [-0.39, 0.29) is 12.6 Å². The molecule has 1 rings (SSSR count). The van der Waals surface area contributed by atoms with E-state index in [2.05, 4.69) is 22.5 Å². The average molecular weight is 299 g/mol. The lowest BCUT2D eigenvalue weighted by atomic mass is 10.0. The van der Waals surface area contributed by atoms with E-state index < -0.39 is 0 Å². The fourth-order valence-electron chi connectivity index (χ4n) is 2.14. The molecule has 1 heterocycles. The van der Waals surface area contributed by atoms with Crippen LogP contribution in [0.3, 0.4) is 0 Å². The normalized spacial score (nSPS) is 12.2. The number of aromatic nitrogens is 1. The Balaban J connectivity index is 2.30. The van der Waals surface area contributed by atoms with Gasteiger partial charge in [-0.05, 0) is 32.6 Å². The Morgan fingerprint density at radius 3 is 2.65 bits per heavy atom. The second-order valence-electron chi connectivity index (χ2n) is 4.97. The molecule has 5 nitrogen and oxygen atoms in total. The molecular weight excluding hydrogens is 274 g/mol. The van der Waals surface area contributed by atoms with Crippen LogP contribution >= 0.6 is 11.3 Å². The lowest BCUT2D eigenvalue weighted by molar-refractivity contribution is 0.229. The predicted octanol–water partition coefficient (Wildman–Crippen LogP) is 2.36. The predicted molar refractivity (Wildman–Crippen MR) is 81.9 cm³/mol. The van der Waals surface area contributed by atoms with E-state index in [9.17, 15) is 4.79 Å². The number of aryl methyl sites for hydroxylation is 2. The molecule has 1 atom stereocenters. The van der Waals surface area contributed by atoms with Crippen LogP contribution in [0.5, 0.6) is 0 Å². The van der Waals surface area contributed by atoms with Crippen LogP contribution in [-0.2, 0) is 6.54 Å². The van der Waals surface area contributed by atoms with Gasteiger partial charge in [-0.1, -0.05) is 13.3 Å². The van der Waals surface area contributed by atoms with Gasteiger partial charge in [-0.2, -0.15) is 0 Å². The summed E-state index contributed by atoms with van der Waals surface area (Å²) >= 11 is 1.61. The standard InChI is InChI=1S/C14H25N3O2S/c1-4-5-12(6-7-18)8-15-14(19)16-9-13-10(2)17-11(3)20-13/h12,18H,4-9H2,1-3H3,(H2,15,16,19). The van der Waals surface area contributed by atoms with Crippen molar-refractivity contribution in [2.75, 3.05) is 13.2 Å². The molecule has 0 aliphatic rings. The monoisotopic (exact) mass is 299 g/mol. The van der Waals surface area contributed by atoms with Crippen LogP contribution in [0, 0.1) is 19.8 Å². The number of thiazole rings is 1. The van der Waals surface area contributed by atoms with Gasteiger partial charge >= 0.3 is 6.03 Å². The van der Waals surface area contributed by atoms with Crippen molar-refractivity contribution in [2.45, 2.75) is 46.6 Å². The van der Waals surface area contributed by atoms with Crippen molar-refractivity contribution in [1.29, 1.82) is 0 Å². The lowest BCUT2D eigenvalue weighted by Crippen LogP contribution is -2.38. The van der Waals surface area contributed by atoms with Crippen molar-refractivity contribution in [3.63, 3.8) is 0 Å². The van der Waals surface area contributed by atoms with Crippen LogP contribution in [0.1, 0.15) is 41.8 Å². The Bertz CT molecular complexity index is 415. The smallest absolute Gasteiger partial charge is 0.315 e. The van der Waals surface area contributed by atoms with Crippen molar-refractivity contribution >= 4 is 17.4 Å². The van der Waals surface area contributed by atoms with Crippen LogP contribution in [0.2, 0.25) is 0 Å². The van der Waals surface area contributed by atoms with E-state index >= 15 is 0 Å². The third kappa shape index (κ3) is 5.88. The van der Waals surface area contributed by atoms with Crippen molar-refractivity contribution in [1.82, 2.24) is 15.6 Å². The van der Waals surface area contributed by atoms with E-state index in [0.29, 0.717) is 19.0 Å². The fourth-order valence-corrected chi connectivity index (χ4v) is 3.01. The number of hydrogen-bond acceptors (Lipinski definition) is 4. The minimum atomic E-state index is -0.158. The summed E-state index contributed by atoms with van der Waals surface area (Å²) in [5, 5.41) is 15.7. The Morgan fingerprint density at radius 2 is 2.10 bits per heavy atom. The zero-order valence-electron chi connectivity index (χ0n) is 12.5. The molecule has 0 spiro atoms. The molecule has 0 aliphatic carbocycles. The lowest BCUT2D eigenvalue weighted by Gasteiger charge is -2.15. The van der Waals surface area contributed by atoms with Crippen molar-refractivity contribution in [3.05, 3.63) is 15.6 Å². The van der Waals surface area contributed by atoms with Crippen LogP contribution in [0.15, 0.2) is 0 Å². The molecule has 0 aliphatic heterocycles. The Kier molecular flexibility index (Phi) is 7.54. The highest BCUT2D eigenvalue weighted by molar-refractivity contribution is 7.11. The number of urea groups is 1. The van der Waals surface area contributed by atoms with Crippen LogP contribution < -0.4 is 10.6 Å². The molecule has 114 valence electrons. The summed E-state index contributed by atoms with van der Waals surface area (Å²) in [6, 6.07) is -0.158. The number of aliphatic hydroxyl groups excluding tert-OH is 1. The van der Waals surface area contributed by atoms with E-state index in [1.54, 1.807) is 11.3 Å². The van der Waals surface area contributed by atoms with Gasteiger partial charge in [-0.3, -0.25) is 0 Å². The molecule has 3 N–H and O–H groups in total. The number of amides is 2. The topological polar surface area (TPSA) is 74.2 Å².